The minimum atomic E-state index is 0.491. The largest absolute Gasteiger partial charge is 0.300 e. The summed E-state index contributed by atoms with van der Waals surface area (Å²) in [5.41, 5.74) is 0. The summed E-state index contributed by atoms with van der Waals surface area (Å²) in [4.78, 5) is 11.3. The number of ketones is 1. The van der Waals surface area contributed by atoms with Crippen LogP contribution in [0.15, 0.2) is 0 Å². The minimum Gasteiger partial charge on any atom is -0.300 e. The molecule has 76 valence electrons. The van der Waals surface area contributed by atoms with Crippen LogP contribution in [-0.2, 0) is 4.79 Å². The highest BCUT2D eigenvalue weighted by Crippen LogP contribution is 2.14. The Morgan fingerprint density at radius 2 is 1.31 bits per heavy atom. The highest BCUT2D eigenvalue weighted by Gasteiger charge is 2.03. The van der Waals surface area contributed by atoms with Crippen LogP contribution in [0.4, 0.5) is 0 Å². The van der Waals surface area contributed by atoms with Crippen molar-refractivity contribution in [3.05, 3.63) is 0 Å². The summed E-state index contributed by atoms with van der Waals surface area (Å²) >= 11 is 2.06. The van der Waals surface area contributed by atoms with Gasteiger partial charge in [0, 0.05) is 12.8 Å². The molecule has 1 rings (SSSR count). The molecule has 1 saturated heterocycles. The van der Waals surface area contributed by atoms with E-state index in [1.54, 1.807) is 0 Å². The number of rotatable bonds is 0. The number of hydrogen-bond acceptors (Lipinski definition) is 2. The van der Waals surface area contributed by atoms with Gasteiger partial charge >= 0.3 is 0 Å². The Hall–Kier alpha value is 0.0200. The van der Waals surface area contributed by atoms with Crippen LogP contribution >= 0.6 is 11.8 Å². The van der Waals surface area contributed by atoms with Crippen LogP contribution < -0.4 is 0 Å². The Kier molecular flexibility index (Phi) is 6.34. The molecule has 1 aliphatic rings. The lowest BCUT2D eigenvalue weighted by Crippen LogP contribution is -1.99. The molecule has 0 aromatic rings. The molecule has 1 fully saturated rings. The predicted octanol–water partition coefficient (Wildman–Crippen LogP) is 3.42. The minimum absolute atomic E-state index is 0.491. The van der Waals surface area contributed by atoms with E-state index in [9.17, 15) is 4.79 Å². The molecule has 2 heteroatoms. The number of thioether (sulfide) groups is 1. The molecule has 0 bridgehead atoms. The summed E-state index contributed by atoms with van der Waals surface area (Å²) in [6.07, 6.45) is 9.07. The molecular formula is C11H20OS. The van der Waals surface area contributed by atoms with E-state index < -0.39 is 0 Å². The van der Waals surface area contributed by atoms with Gasteiger partial charge in [0.2, 0.25) is 0 Å². The third kappa shape index (κ3) is 6.14. The standard InChI is InChI=1S/C11H20OS/c12-11-7-3-1-2-5-9-13-10-6-4-8-11/h1-10H2. The van der Waals surface area contributed by atoms with E-state index in [1.165, 1.54) is 37.2 Å². The van der Waals surface area contributed by atoms with Crippen molar-refractivity contribution in [3.8, 4) is 0 Å². The smallest absolute Gasteiger partial charge is 0.132 e. The second-order valence-electron chi connectivity index (χ2n) is 3.77. The summed E-state index contributed by atoms with van der Waals surface area (Å²) in [5.74, 6) is 3.08. The summed E-state index contributed by atoms with van der Waals surface area (Å²) in [5, 5.41) is 0. The second-order valence-corrected chi connectivity index (χ2v) is 5.00. The predicted molar refractivity (Wildman–Crippen MR) is 59.3 cm³/mol. The van der Waals surface area contributed by atoms with Gasteiger partial charge in [-0.1, -0.05) is 12.8 Å². The van der Waals surface area contributed by atoms with Gasteiger partial charge in [-0.15, -0.1) is 0 Å². The van der Waals surface area contributed by atoms with E-state index in [-0.39, 0.29) is 0 Å². The summed E-state index contributed by atoms with van der Waals surface area (Å²) < 4.78 is 0. The van der Waals surface area contributed by atoms with Crippen LogP contribution in [0.3, 0.4) is 0 Å². The molecule has 0 radical (unpaired) electrons. The van der Waals surface area contributed by atoms with Crippen LogP contribution in [-0.4, -0.2) is 17.3 Å². The van der Waals surface area contributed by atoms with Gasteiger partial charge in [-0.05, 0) is 37.2 Å². The maximum Gasteiger partial charge on any atom is 0.132 e. The number of carbonyl (C=O) groups is 1. The molecule has 13 heavy (non-hydrogen) atoms. The highest BCUT2D eigenvalue weighted by atomic mass is 32.2. The van der Waals surface area contributed by atoms with Gasteiger partial charge in [0.05, 0.1) is 0 Å². The van der Waals surface area contributed by atoms with Crippen molar-refractivity contribution in [1.29, 1.82) is 0 Å². The van der Waals surface area contributed by atoms with Gasteiger partial charge in [-0.25, -0.2) is 0 Å². The third-order valence-corrected chi connectivity index (χ3v) is 3.64. The lowest BCUT2D eigenvalue weighted by Gasteiger charge is -2.05. The molecule has 1 aliphatic heterocycles. The average molecular weight is 200 g/mol. The highest BCUT2D eigenvalue weighted by molar-refractivity contribution is 7.99. The zero-order valence-corrected chi connectivity index (χ0v) is 9.20. The van der Waals surface area contributed by atoms with Gasteiger partial charge in [-0.2, -0.15) is 11.8 Å². The molecule has 0 aliphatic carbocycles. The van der Waals surface area contributed by atoms with Crippen LogP contribution in [0.5, 0.6) is 0 Å². The molecule has 0 aromatic carbocycles. The van der Waals surface area contributed by atoms with Gasteiger partial charge in [0.15, 0.2) is 0 Å². The SMILES string of the molecule is O=C1CCCCCCSCCCC1. The molecular weight excluding hydrogens is 180 g/mol. The molecule has 0 amide bonds. The van der Waals surface area contributed by atoms with E-state index in [0.29, 0.717) is 5.78 Å². The number of carbonyl (C=O) groups excluding carboxylic acids is 1. The first-order valence-electron chi connectivity index (χ1n) is 5.49. The first-order chi connectivity index (χ1) is 6.39. The molecule has 0 unspecified atom stereocenters. The fourth-order valence-corrected chi connectivity index (χ4v) is 2.65. The Morgan fingerprint density at radius 1 is 0.769 bits per heavy atom. The normalized spacial score (nSPS) is 23.2. The average Bonchev–Trinajstić information content (AvgIpc) is 2.11. The number of Topliss-reactive ketones (excluding diaryl/α,β-unsaturated/α-hetero) is 1. The maximum atomic E-state index is 11.3. The molecule has 0 spiro atoms. The van der Waals surface area contributed by atoms with E-state index in [1.807, 2.05) is 0 Å². The van der Waals surface area contributed by atoms with Crippen LogP contribution in [0.2, 0.25) is 0 Å². The van der Waals surface area contributed by atoms with E-state index in [4.69, 9.17) is 0 Å². The van der Waals surface area contributed by atoms with Crippen molar-refractivity contribution in [3.63, 3.8) is 0 Å². The van der Waals surface area contributed by atoms with Crippen molar-refractivity contribution in [2.75, 3.05) is 11.5 Å². The van der Waals surface area contributed by atoms with Gasteiger partial charge in [-0.3, -0.25) is 4.79 Å². The van der Waals surface area contributed by atoms with E-state index in [2.05, 4.69) is 11.8 Å². The topological polar surface area (TPSA) is 17.1 Å². The molecule has 1 nitrogen and oxygen atoms in total. The van der Waals surface area contributed by atoms with Crippen LogP contribution in [0, 0.1) is 0 Å². The zero-order chi connectivity index (χ0) is 9.36. The summed E-state index contributed by atoms with van der Waals surface area (Å²) in [6.45, 7) is 0. The monoisotopic (exact) mass is 200 g/mol. The Bertz CT molecular complexity index is 131. The van der Waals surface area contributed by atoms with Crippen molar-refractivity contribution in [2.24, 2.45) is 0 Å². The molecule has 0 N–H and O–H groups in total. The second kappa shape index (κ2) is 7.43. The van der Waals surface area contributed by atoms with E-state index >= 15 is 0 Å². The maximum absolute atomic E-state index is 11.3. The summed E-state index contributed by atoms with van der Waals surface area (Å²) in [6, 6.07) is 0. The zero-order valence-electron chi connectivity index (χ0n) is 8.39. The quantitative estimate of drug-likeness (QED) is 0.596. The summed E-state index contributed by atoms with van der Waals surface area (Å²) in [7, 11) is 0. The van der Waals surface area contributed by atoms with Crippen molar-refractivity contribution in [1.82, 2.24) is 0 Å². The van der Waals surface area contributed by atoms with Crippen molar-refractivity contribution >= 4 is 17.5 Å². The number of hydrogen-bond donors (Lipinski definition) is 0. The van der Waals surface area contributed by atoms with Gasteiger partial charge in [0.25, 0.3) is 0 Å². The lowest BCUT2D eigenvalue weighted by atomic mass is 10.1. The van der Waals surface area contributed by atoms with Crippen LogP contribution in [0.1, 0.15) is 51.4 Å². The molecule has 0 atom stereocenters. The van der Waals surface area contributed by atoms with Crippen molar-refractivity contribution in [2.45, 2.75) is 51.4 Å². The Labute approximate surface area is 85.7 Å². The van der Waals surface area contributed by atoms with Gasteiger partial charge < -0.3 is 0 Å². The van der Waals surface area contributed by atoms with E-state index in [0.717, 1.165) is 25.7 Å². The first-order valence-corrected chi connectivity index (χ1v) is 6.64. The molecule has 1 heterocycles. The lowest BCUT2D eigenvalue weighted by molar-refractivity contribution is -0.119. The first kappa shape index (κ1) is 11.1. The molecule has 0 saturated carbocycles. The fraction of sp³-hybridized carbons (Fsp3) is 0.909. The van der Waals surface area contributed by atoms with Crippen LogP contribution in [0.25, 0.3) is 0 Å². The third-order valence-electron chi connectivity index (χ3n) is 2.49. The molecule has 0 aromatic heterocycles. The van der Waals surface area contributed by atoms with Crippen molar-refractivity contribution < 1.29 is 4.79 Å². The fourth-order valence-electron chi connectivity index (χ4n) is 1.63. The Morgan fingerprint density at radius 3 is 2.08 bits per heavy atom. The van der Waals surface area contributed by atoms with Gasteiger partial charge in [0.1, 0.15) is 5.78 Å². The Balaban J connectivity index is 2.14.